The number of hydrogen-bond donors (Lipinski definition) is 0. The van der Waals surface area contributed by atoms with Gasteiger partial charge in [-0.25, -0.2) is 8.42 Å². The van der Waals surface area contributed by atoms with E-state index in [1.165, 1.54) is 4.31 Å². The van der Waals surface area contributed by atoms with Gasteiger partial charge in [0.15, 0.2) is 5.82 Å². The summed E-state index contributed by atoms with van der Waals surface area (Å²) in [7, 11) is -3.26. The topological polar surface area (TPSA) is 85.5 Å². The molecule has 2 heterocycles. The summed E-state index contributed by atoms with van der Waals surface area (Å²) in [4.78, 5) is 4.31. The lowest BCUT2D eigenvalue weighted by atomic mass is 10.2. The fourth-order valence-electron chi connectivity index (χ4n) is 2.79. The molecule has 0 aliphatic carbocycles. The lowest BCUT2D eigenvalue weighted by Gasteiger charge is -2.20. The second-order valence-electron chi connectivity index (χ2n) is 5.69. The van der Waals surface area contributed by atoms with Gasteiger partial charge in [-0.15, -0.1) is 0 Å². The molecule has 24 heavy (non-hydrogen) atoms. The third-order valence-electron chi connectivity index (χ3n) is 4.04. The lowest BCUT2D eigenvalue weighted by molar-refractivity contribution is 0.0850. The Morgan fingerprint density at radius 2 is 2.08 bits per heavy atom. The summed E-state index contributed by atoms with van der Waals surface area (Å²) in [5.41, 5.74) is 1.06. The monoisotopic (exact) mass is 351 g/mol. The number of benzene rings is 1. The van der Waals surface area contributed by atoms with Gasteiger partial charge in [-0.2, -0.15) is 9.29 Å². The molecule has 0 N–H and O–H groups in total. The van der Waals surface area contributed by atoms with E-state index in [1.807, 2.05) is 30.3 Å². The van der Waals surface area contributed by atoms with Crippen LogP contribution in [0.2, 0.25) is 0 Å². The Bertz CT molecular complexity index is 761. The molecule has 7 nitrogen and oxygen atoms in total. The highest BCUT2D eigenvalue weighted by Gasteiger charge is 2.36. The van der Waals surface area contributed by atoms with E-state index >= 15 is 0 Å². The standard InChI is InChI=1S/C16H21N3O4S/c1-2-24(20,21)19-10-6-9-14(19)16-17-15(23-18-16)12-22-11-13-7-4-3-5-8-13/h3-5,7-8,14H,2,6,9-12H2,1H3. The maximum absolute atomic E-state index is 12.1. The maximum atomic E-state index is 12.1. The molecule has 0 saturated carbocycles. The summed E-state index contributed by atoms with van der Waals surface area (Å²) in [6.45, 7) is 2.81. The Kier molecular flexibility index (Phi) is 5.27. The van der Waals surface area contributed by atoms with Crippen molar-refractivity contribution in [3.05, 3.63) is 47.6 Å². The summed E-state index contributed by atoms with van der Waals surface area (Å²) in [6, 6.07) is 9.47. The van der Waals surface area contributed by atoms with E-state index in [-0.39, 0.29) is 18.4 Å². The molecule has 0 amide bonds. The fraction of sp³-hybridized carbons (Fsp3) is 0.500. The van der Waals surface area contributed by atoms with Gasteiger partial charge in [0.1, 0.15) is 6.61 Å². The first-order valence-corrected chi connectivity index (χ1v) is 9.64. The minimum Gasteiger partial charge on any atom is -0.367 e. The molecule has 1 aromatic heterocycles. The van der Waals surface area contributed by atoms with Gasteiger partial charge < -0.3 is 9.26 Å². The van der Waals surface area contributed by atoms with E-state index in [4.69, 9.17) is 9.26 Å². The average molecular weight is 351 g/mol. The van der Waals surface area contributed by atoms with Crippen LogP contribution in [0, 0.1) is 0 Å². The van der Waals surface area contributed by atoms with Crippen LogP contribution in [0.4, 0.5) is 0 Å². The first-order valence-electron chi connectivity index (χ1n) is 8.04. The number of sulfonamides is 1. The Morgan fingerprint density at radius 3 is 2.83 bits per heavy atom. The number of hydrogen-bond acceptors (Lipinski definition) is 6. The van der Waals surface area contributed by atoms with Gasteiger partial charge >= 0.3 is 0 Å². The number of nitrogens with zero attached hydrogens (tertiary/aromatic N) is 3. The maximum Gasteiger partial charge on any atom is 0.252 e. The molecule has 130 valence electrons. The summed E-state index contributed by atoms with van der Waals surface area (Å²) < 4.78 is 36.5. The molecule has 1 saturated heterocycles. The van der Waals surface area contributed by atoms with E-state index in [0.29, 0.717) is 31.3 Å². The van der Waals surface area contributed by atoms with Crippen LogP contribution in [-0.2, 0) is 28.0 Å². The highest BCUT2D eigenvalue weighted by Crippen LogP contribution is 2.32. The van der Waals surface area contributed by atoms with Gasteiger partial charge in [0.25, 0.3) is 5.89 Å². The molecular formula is C16H21N3O4S. The Labute approximate surface area is 141 Å². The van der Waals surface area contributed by atoms with Gasteiger partial charge in [0.2, 0.25) is 10.0 Å². The molecule has 1 aliphatic rings. The molecule has 1 atom stereocenters. The van der Waals surface area contributed by atoms with Crippen molar-refractivity contribution in [1.29, 1.82) is 0 Å². The van der Waals surface area contributed by atoms with Crippen LogP contribution in [0.15, 0.2) is 34.9 Å². The van der Waals surface area contributed by atoms with Crippen molar-refractivity contribution in [2.45, 2.75) is 39.0 Å². The van der Waals surface area contributed by atoms with Crippen LogP contribution < -0.4 is 0 Å². The summed E-state index contributed by atoms with van der Waals surface area (Å²) >= 11 is 0. The van der Waals surface area contributed by atoms with Crippen molar-refractivity contribution in [1.82, 2.24) is 14.4 Å². The van der Waals surface area contributed by atoms with Gasteiger partial charge in [-0.3, -0.25) is 0 Å². The first kappa shape index (κ1) is 17.1. The molecular weight excluding hydrogens is 330 g/mol. The second-order valence-corrected chi connectivity index (χ2v) is 7.90. The highest BCUT2D eigenvalue weighted by molar-refractivity contribution is 7.89. The predicted molar refractivity (Wildman–Crippen MR) is 87.4 cm³/mol. The van der Waals surface area contributed by atoms with Crippen molar-refractivity contribution >= 4 is 10.0 Å². The van der Waals surface area contributed by atoms with Gasteiger partial charge in [-0.05, 0) is 25.3 Å². The van der Waals surface area contributed by atoms with Crippen LogP contribution in [-0.4, -0.2) is 35.2 Å². The summed E-state index contributed by atoms with van der Waals surface area (Å²) in [5, 5.41) is 3.95. The summed E-state index contributed by atoms with van der Waals surface area (Å²) in [5.74, 6) is 0.860. The van der Waals surface area contributed by atoms with E-state index in [1.54, 1.807) is 6.92 Å². The van der Waals surface area contributed by atoms with Crippen molar-refractivity contribution < 1.29 is 17.7 Å². The van der Waals surface area contributed by atoms with Gasteiger partial charge in [-0.1, -0.05) is 35.5 Å². The quantitative estimate of drug-likeness (QED) is 0.761. The Hall–Kier alpha value is -1.77. The minimum atomic E-state index is -3.26. The SMILES string of the molecule is CCS(=O)(=O)N1CCCC1c1noc(COCc2ccccc2)n1. The molecule has 1 unspecified atom stereocenters. The van der Waals surface area contributed by atoms with Gasteiger partial charge in [0.05, 0.1) is 18.4 Å². The molecule has 1 aromatic carbocycles. The predicted octanol–water partition coefficient (Wildman–Crippen LogP) is 2.27. The summed E-state index contributed by atoms with van der Waals surface area (Å²) in [6.07, 6.45) is 1.52. The Morgan fingerprint density at radius 1 is 1.29 bits per heavy atom. The zero-order valence-corrected chi connectivity index (χ0v) is 14.4. The third kappa shape index (κ3) is 3.82. The van der Waals surface area contributed by atoms with Crippen LogP contribution in [0.1, 0.15) is 43.1 Å². The van der Waals surface area contributed by atoms with Crippen LogP contribution >= 0.6 is 0 Å². The van der Waals surface area contributed by atoms with Crippen LogP contribution in [0.5, 0.6) is 0 Å². The number of aromatic nitrogens is 2. The average Bonchev–Trinajstić information content (AvgIpc) is 3.25. The normalized spacial score (nSPS) is 19.0. The molecule has 2 aromatic rings. The second kappa shape index (κ2) is 7.42. The van der Waals surface area contributed by atoms with E-state index in [9.17, 15) is 8.42 Å². The largest absolute Gasteiger partial charge is 0.367 e. The van der Waals surface area contributed by atoms with Crippen LogP contribution in [0.3, 0.4) is 0 Å². The lowest BCUT2D eigenvalue weighted by Crippen LogP contribution is -2.32. The van der Waals surface area contributed by atoms with Crippen molar-refractivity contribution in [2.24, 2.45) is 0 Å². The molecule has 0 spiro atoms. The van der Waals surface area contributed by atoms with Crippen LogP contribution in [0.25, 0.3) is 0 Å². The van der Waals surface area contributed by atoms with Crippen molar-refractivity contribution in [3.63, 3.8) is 0 Å². The molecule has 0 radical (unpaired) electrons. The highest BCUT2D eigenvalue weighted by atomic mass is 32.2. The zero-order valence-electron chi connectivity index (χ0n) is 13.6. The van der Waals surface area contributed by atoms with Gasteiger partial charge in [0, 0.05) is 6.54 Å². The smallest absolute Gasteiger partial charge is 0.252 e. The molecule has 8 heteroatoms. The Balaban J connectivity index is 1.61. The molecule has 0 bridgehead atoms. The zero-order chi connectivity index (χ0) is 17.0. The van der Waals surface area contributed by atoms with E-state index < -0.39 is 10.0 Å². The first-order chi connectivity index (χ1) is 11.6. The van der Waals surface area contributed by atoms with Crippen molar-refractivity contribution in [3.8, 4) is 0 Å². The molecule has 1 fully saturated rings. The number of ether oxygens (including phenoxy) is 1. The fourth-order valence-corrected chi connectivity index (χ4v) is 4.12. The van der Waals surface area contributed by atoms with E-state index in [2.05, 4.69) is 10.1 Å². The number of rotatable bonds is 7. The van der Waals surface area contributed by atoms with E-state index in [0.717, 1.165) is 12.0 Å². The third-order valence-corrected chi connectivity index (χ3v) is 5.93. The van der Waals surface area contributed by atoms with Crippen molar-refractivity contribution in [2.75, 3.05) is 12.3 Å². The molecule has 3 rings (SSSR count). The minimum absolute atomic E-state index is 0.0778. The molecule has 1 aliphatic heterocycles.